The molecule has 0 spiro atoms. The van der Waals surface area contributed by atoms with Crippen LogP contribution in [0.4, 0.5) is 5.82 Å². The lowest BCUT2D eigenvalue weighted by Crippen LogP contribution is -2.27. The van der Waals surface area contributed by atoms with Crippen LogP contribution in [0.1, 0.15) is 71.3 Å². The Balaban J connectivity index is 1.24. The number of anilines is 1. The number of aryl methyl sites for hydroxylation is 2. The largest absolute Gasteiger partial charge is 0.356 e. The fourth-order valence-corrected chi connectivity index (χ4v) is 4.85. The molecule has 8 nitrogen and oxygen atoms in total. The SMILES string of the molecule is Cc1nc(N2CCC(C)(C)C2)ccc1Cn1cc(C(=O)N[C@@H]2CCc3c2n[nH]c3C)cn1. The summed E-state index contributed by atoms with van der Waals surface area (Å²) in [6.07, 6.45) is 6.45. The maximum atomic E-state index is 12.8. The van der Waals surface area contributed by atoms with Crippen molar-refractivity contribution in [2.45, 2.75) is 59.5 Å². The van der Waals surface area contributed by atoms with Crippen molar-refractivity contribution in [3.63, 3.8) is 0 Å². The molecule has 2 N–H and O–H groups in total. The number of carbonyl (C=O) groups excluding carboxylic acids is 1. The Bertz CT molecular complexity index is 1160. The molecule has 1 aliphatic heterocycles. The van der Waals surface area contributed by atoms with E-state index in [1.54, 1.807) is 17.1 Å². The summed E-state index contributed by atoms with van der Waals surface area (Å²) in [6, 6.07) is 4.19. The highest BCUT2D eigenvalue weighted by atomic mass is 16.1. The lowest BCUT2D eigenvalue weighted by atomic mass is 9.93. The molecular weight excluding hydrogens is 402 g/mol. The van der Waals surface area contributed by atoms with Gasteiger partial charge >= 0.3 is 0 Å². The molecule has 168 valence electrons. The lowest BCUT2D eigenvalue weighted by molar-refractivity contribution is 0.0936. The third kappa shape index (κ3) is 3.89. The Morgan fingerprint density at radius 1 is 1.31 bits per heavy atom. The normalized spacial score (nSPS) is 19.4. The fraction of sp³-hybridized carbons (Fsp3) is 0.500. The molecule has 0 aromatic carbocycles. The molecule has 0 bridgehead atoms. The third-order valence-corrected chi connectivity index (χ3v) is 6.83. The minimum atomic E-state index is -0.114. The highest BCUT2D eigenvalue weighted by Gasteiger charge is 2.30. The average molecular weight is 434 g/mol. The smallest absolute Gasteiger partial charge is 0.255 e. The Hall–Kier alpha value is -3.16. The first-order chi connectivity index (χ1) is 15.3. The number of nitrogens with zero attached hydrogens (tertiary/aromatic N) is 5. The molecule has 5 rings (SSSR count). The average Bonchev–Trinajstić information content (AvgIpc) is 3.51. The lowest BCUT2D eigenvalue weighted by Gasteiger charge is -2.21. The van der Waals surface area contributed by atoms with E-state index in [9.17, 15) is 4.79 Å². The van der Waals surface area contributed by atoms with Crippen molar-refractivity contribution in [2.75, 3.05) is 18.0 Å². The predicted molar refractivity (Wildman–Crippen MR) is 123 cm³/mol. The maximum absolute atomic E-state index is 12.8. The fourth-order valence-electron chi connectivity index (χ4n) is 4.85. The molecule has 1 amide bonds. The molecule has 1 fully saturated rings. The number of nitrogens with one attached hydrogen (secondary N) is 2. The van der Waals surface area contributed by atoms with Gasteiger partial charge in [-0.05, 0) is 55.7 Å². The third-order valence-electron chi connectivity index (χ3n) is 6.83. The summed E-state index contributed by atoms with van der Waals surface area (Å²) in [5.41, 5.74) is 6.30. The molecule has 2 aliphatic rings. The number of amides is 1. The highest BCUT2D eigenvalue weighted by Crippen LogP contribution is 2.32. The first-order valence-electron chi connectivity index (χ1n) is 11.4. The van der Waals surface area contributed by atoms with Gasteiger partial charge in [0.25, 0.3) is 5.91 Å². The van der Waals surface area contributed by atoms with Crippen molar-refractivity contribution in [3.05, 3.63) is 58.3 Å². The van der Waals surface area contributed by atoms with Crippen LogP contribution >= 0.6 is 0 Å². The van der Waals surface area contributed by atoms with Gasteiger partial charge in [0.2, 0.25) is 0 Å². The van der Waals surface area contributed by atoms with Gasteiger partial charge in [-0.25, -0.2) is 4.98 Å². The zero-order valence-electron chi connectivity index (χ0n) is 19.3. The van der Waals surface area contributed by atoms with Crippen LogP contribution in [0.3, 0.4) is 0 Å². The van der Waals surface area contributed by atoms with Crippen LogP contribution in [0.15, 0.2) is 24.5 Å². The number of H-pyrrole nitrogens is 1. The number of carbonyl (C=O) groups is 1. The second-order valence-corrected chi connectivity index (χ2v) is 9.95. The monoisotopic (exact) mass is 433 g/mol. The van der Waals surface area contributed by atoms with Crippen LogP contribution in [0.25, 0.3) is 0 Å². The summed E-state index contributed by atoms with van der Waals surface area (Å²) in [4.78, 5) is 20.0. The molecule has 0 radical (unpaired) electrons. The van der Waals surface area contributed by atoms with Gasteiger partial charge < -0.3 is 10.2 Å². The van der Waals surface area contributed by atoms with E-state index in [-0.39, 0.29) is 11.9 Å². The van der Waals surface area contributed by atoms with Gasteiger partial charge in [-0.2, -0.15) is 10.2 Å². The molecule has 0 saturated carbocycles. The Labute approximate surface area is 188 Å². The zero-order chi connectivity index (χ0) is 22.5. The second-order valence-electron chi connectivity index (χ2n) is 9.95. The van der Waals surface area contributed by atoms with E-state index in [1.165, 1.54) is 12.0 Å². The molecule has 32 heavy (non-hydrogen) atoms. The molecule has 3 aromatic rings. The number of aromatic amines is 1. The summed E-state index contributed by atoms with van der Waals surface area (Å²) in [7, 11) is 0. The summed E-state index contributed by atoms with van der Waals surface area (Å²) in [6.45, 7) is 11.4. The molecule has 1 saturated heterocycles. The van der Waals surface area contributed by atoms with Crippen molar-refractivity contribution < 1.29 is 4.79 Å². The molecule has 0 unspecified atom stereocenters. The van der Waals surface area contributed by atoms with Crippen LogP contribution in [-0.2, 0) is 13.0 Å². The van der Waals surface area contributed by atoms with E-state index < -0.39 is 0 Å². The van der Waals surface area contributed by atoms with E-state index >= 15 is 0 Å². The highest BCUT2D eigenvalue weighted by molar-refractivity contribution is 5.94. The van der Waals surface area contributed by atoms with Gasteiger partial charge in [0.15, 0.2) is 0 Å². The van der Waals surface area contributed by atoms with Crippen LogP contribution in [0.5, 0.6) is 0 Å². The summed E-state index contributed by atoms with van der Waals surface area (Å²) in [5, 5.41) is 14.9. The first-order valence-corrected chi connectivity index (χ1v) is 11.4. The standard InChI is InChI=1S/C24H31N7O/c1-15-17(5-8-21(26-15)30-10-9-24(3,4)14-30)12-31-13-18(11-25-31)23(32)27-20-7-6-19-16(2)28-29-22(19)20/h5,8,11,13,20H,6-7,9-10,12,14H2,1-4H3,(H,27,32)(H,28,29)/t20-/m1/s1. The topological polar surface area (TPSA) is 91.7 Å². The number of hydrogen-bond acceptors (Lipinski definition) is 5. The molecule has 3 aromatic heterocycles. The van der Waals surface area contributed by atoms with E-state index in [0.29, 0.717) is 17.5 Å². The maximum Gasteiger partial charge on any atom is 0.255 e. The van der Waals surface area contributed by atoms with Gasteiger partial charge in [-0.3, -0.25) is 14.6 Å². The number of rotatable bonds is 5. The van der Waals surface area contributed by atoms with Crippen LogP contribution in [-0.4, -0.2) is 44.0 Å². The zero-order valence-corrected chi connectivity index (χ0v) is 19.3. The van der Waals surface area contributed by atoms with Gasteiger partial charge in [-0.15, -0.1) is 0 Å². The van der Waals surface area contributed by atoms with Crippen LogP contribution < -0.4 is 10.2 Å². The van der Waals surface area contributed by atoms with Crippen molar-refractivity contribution in [3.8, 4) is 0 Å². The van der Waals surface area contributed by atoms with E-state index in [4.69, 9.17) is 4.98 Å². The molecule has 1 aliphatic carbocycles. The Kier molecular flexibility index (Phi) is 5.03. The van der Waals surface area contributed by atoms with Gasteiger partial charge in [0.05, 0.1) is 30.0 Å². The number of pyridine rings is 1. The van der Waals surface area contributed by atoms with Gasteiger partial charge in [0, 0.05) is 30.7 Å². The number of hydrogen-bond donors (Lipinski definition) is 2. The first kappa shape index (κ1) is 20.7. The van der Waals surface area contributed by atoms with Gasteiger partial charge in [0.1, 0.15) is 5.82 Å². The van der Waals surface area contributed by atoms with Crippen LogP contribution in [0, 0.1) is 19.3 Å². The summed E-state index contributed by atoms with van der Waals surface area (Å²) >= 11 is 0. The van der Waals surface area contributed by atoms with Crippen molar-refractivity contribution in [1.29, 1.82) is 0 Å². The summed E-state index contributed by atoms with van der Waals surface area (Å²) < 4.78 is 1.80. The van der Waals surface area contributed by atoms with E-state index in [0.717, 1.165) is 54.4 Å². The minimum Gasteiger partial charge on any atom is -0.356 e. The van der Waals surface area contributed by atoms with Crippen molar-refractivity contribution >= 4 is 11.7 Å². The van der Waals surface area contributed by atoms with Gasteiger partial charge in [-0.1, -0.05) is 19.9 Å². The Morgan fingerprint density at radius 2 is 2.16 bits per heavy atom. The number of fused-ring (bicyclic) bond motifs is 1. The van der Waals surface area contributed by atoms with E-state index in [2.05, 4.69) is 51.5 Å². The molecule has 8 heteroatoms. The molecule has 1 atom stereocenters. The quantitative estimate of drug-likeness (QED) is 0.644. The minimum absolute atomic E-state index is 0.0413. The number of aromatic nitrogens is 5. The Morgan fingerprint density at radius 3 is 2.91 bits per heavy atom. The molecule has 4 heterocycles. The molecular formula is C24H31N7O. The van der Waals surface area contributed by atoms with Crippen molar-refractivity contribution in [2.24, 2.45) is 5.41 Å². The van der Waals surface area contributed by atoms with Crippen LogP contribution in [0.2, 0.25) is 0 Å². The summed E-state index contributed by atoms with van der Waals surface area (Å²) in [5.74, 6) is 0.929. The predicted octanol–water partition coefficient (Wildman–Crippen LogP) is 3.32. The van der Waals surface area contributed by atoms with E-state index in [1.807, 2.05) is 13.8 Å². The van der Waals surface area contributed by atoms with Crippen molar-refractivity contribution in [1.82, 2.24) is 30.3 Å². The second kappa shape index (κ2) is 7.76.